The average Bonchev–Trinajstić information content (AvgIpc) is 1.83. The molecular weight excluding hydrogens is 98.1 g/mol. The molecule has 0 aliphatic heterocycles. The molecule has 0 aromatic rings. The monoisotopic (exact) mass is 109 g/mol. The summed E-state index contributed by atoms with van der Waals surface area (Å²) in [6.45, 7) is 8.97. The van der Waals surface area contributed by atoms with Crippen molar-refractivity contribution >= 4 is 6.72 Å². The van der Waals surface area contributed by atoms with Gasteiger partial charge in [0.15, 0.2) is 0 Å². The molecule has 0 saturated carbocycles. The zero-order chi connectivity index (χ0) is 6.41. The van der Waals surface area contributed by atoms with Crippen LogP contribution in [0.3, 0.4) is 0 Å². The first-order valence-corrected chi connectivity index (χ1v) is 2.63. The SMILES string of the molecule is C=NC(=C)/C=C\CC. The molecular formula is C7H11N. The summed E-state index contributed by atoms with van der Waals surface area (Å²) in [6, 6.07) is 0. The number of hydrogen-bond donors (Lipinski definition) is 0. The molecule has 8 heavy (non-hydrogen) atoms. The van der Waals surface area contributed by atoms with E-state index in [2.05, 4.69) is 25.2 Å². The van der Waals surface area contributed by atoms with E-state index in [-0.39, 0.29) is 0 Å². The van der Waals surface area contributed by atoms with Crippen molar-refractivity contribution in [2.45, 2.75) is 13.3 Å². The van der Waals surface area contributed by atoms with Gasteiger partial charge in [-0.15, -0.1) is 0 Å². The molecule has 1 nitrogen and oxygen atoms in total. The largest absolute Gasteiger partial charge is 0.265 e. The molecule has 0 aromatic heterocycles. The Bertz CT molecular complexity index is 112. The van der Waals surface area contributed by atoms with Crippen LogP contribution in [0.5, 0.6) is 0 Å². The third-order valence-electron chi connectivity index (χ3n) is 0.749. The topological polar surface area (TPSA) is 12.4 Å². The van der Waals surface area contributed by atoms with Gasteiger partial charge in [0.25, 0.3) is 0 Å². The number of nitrogens with zero attached hydrogens (tertiary/aromatic N) is 1. The van der Waals surface area contributed by atoms with Crippen LogP contribution in [-0.2, 0) is 0 Å². The molecule has 0 aliphatic carbocycles. The quantitative estimate of drug-likeness (QED) is 0.389. The predicted molar refractivity (Wildman–Crippen MR) is 38.1 cm³/mol. The Morgan fingerprint density at radius 2 is 2.38 bits per heavy atom. The van der Waals surface area contributed by atoms with E-state index in [9.17, 15) is 0 Å². The maximum absolute atomic E-state index is 3.59. The Hall–Kier alpha value is -0.850. The molecule has 0 rings (SSSR count). The smallest absolute Gasteiger partial charge is 0.0547 e. The third kappa shape index (κ3) is 3.34. The van der Waals surface area contributed by atoms with Gasteiger partial charge in [0.05, 0.1) is 5.70 Å². The summed E-state index contributed by atoms with van der Waals surface area (Å²) in [5.41, 5.74) is 0.729. The van der Waals surface area contributed by atoms with E-state index in [0.29, 0.717) is 0 Å². The minimum atomic E-state index is 0.729. The van der Waals surface area contributed by atoms with Gasteiger partial charge in [-0.05, 0) is 19.2 Å². The van der Waals surface area contributed by atoms with Crippen molar-refractivity contribution in [1.82, 2.24) is 0 Å². The van der Waals surface area contributed by atoms with Crippen molar-refractivity contribution in [3.8, 4) is 0 Å². The molecule has 0 atom stereocenters. The van der Waals surface area contributed by atoms with E-state index >= 15 is 0 Å². The van der Waals surface area contributed by atoms with Crippen LogP contribution in [0.25, 0.3) is 0 Å². The lowest BCUT2D eigenvalue weighted by molar-refractivity contribution is 1.21. The van der Waals surface area contributed by atoms with E-state index in [1.807, 2.05) is 12.2 Å². The molecule has 0 N–H and O–H groups in total. The Balaban J connectivity index is 3.52. The summed E-state index contributed by atoms with van der Waals surface area (Å²) in [5, 5.41) is 0. The highest BCUT2D eigenvalue weighted by Crippen LogP contribution is 1.92. The molecule has 1 heteroatoms. The average molecular weight is 109 g/mol. The van der Waals surface area contributed by atoms with Crippen LogP contribution in [0.2, 0.25) is 0 Å². The molecule has 0 aromatic carbocycles. The minimum absolute atomic E-state index is 0.729. The first-order chi connectivity index (χ1) is 3.81. The summed E-state index contributed by atoms with van der Waals surface area (Å²) in [7, 11) is 0. The second-order valence-electron chi connectivity index (χ2n) is 1.46. The van der Waals surface area contributed by atoms with E-state index in [1.54, 1.807) is 0 Å². The lowest BCUT2D eigenvalue weighted by Crippen LogP contribution is -1.62. The van der Waals surface area contributed by atoms with Crippen molar-refractivity contribution in [3.05, 3.63) is 24.4 Å². The molecule has 44 valence electrons. The summed E-state index contributed by atoms with van der Waals surface area (Å²) in [4.78, 5) is 3.59. The molecule has 0 unspecified atom stereocenters. The van der Waals surface area contributed by atoms with Gasteiger partial charge in [0, 0.05) is 0 Å². The van der Waals surface area contributed by atoms with Gasteiger partial charge >= 0.3 is 0 Å². The zero-order valence-corrected chi connectivity index (χ0v) is 5.22. The van der Waals surface area contributed by atoms with Gasteiger partial charge in [-0.3, -0.25) is 4.99 Å². The van der Waals surface area contributed by atoms with Crippen molar-refractivity contribution in [2.75, 3.05) is 0 Å². The number of aliphatic imine (C=N–C) groups is 1. The molecule has 0 spiro atoms. The Labute approximate surface area is 50.4 Å². The summed E-state index contributed by atoms with van der Waals surface area (Å²) < 4.78 is 0. The van der Waals surface area contributed by atoms with Crippen LogP contribution in [0.4, 0.5) is 0 Å². The molecule has 0 aliphatic rings. The van der Waals surface area contributed by atoms with E-state index in [0.717, 1.165) is 12.1 Å². The van der Waals surface area contributed by atoms with Gasteiger partial charge < -0.3 is 0 Å². The summed E-state index contributed by atoms with van der Waals surface area (Å²) >= 11 is 0. The fourth-order valence-corrected chi connectivity index (χ4v) is 0.307. The van der Waals surface area contributed by atoms with Crippen LogP contribution in [-0.4, -0.2) is 6.72 Å². The first kappa shape index (κ1) is 7.15. The van der Waals surface area contributed by atoms with Crippen molar-refractivity contribution < 1.29 is 0 Å². The highest BCUT2D eigenvalue weighted by molar-refractivity contribution is 5.31. The van der Waals surface area contributed by atoms with Crippen molar-refractivity contribution in [1.29, 1.82) is 0 Å². The van der Waals surface area contributed by atoms with Crippen LogP contribution in [0.15, 0.2) is 29.4 Å². The fourth-order valence-electron chi connectivity index (χ4n) is 0.307. The normalized spacial score (nSPS) is 9.62. The summed E-state index contributed by atoms with van der Waals surface area (Å²) in [6.07, 6.45) is 4.87. The Kier molecular flexibility index (Phi) is 3.85. The van der Waals surface area contributed by atoms with Gasteiger partial charge in [-0.1, -0.05) is 19.6 Å². The maximum Gasteiger partial charge on any atom is 0.0547 e. The molecule has 0 heterocycles. The van der Waals surface area contributed by atoms with Crippen LogP contribution in [0.1, 0.15) is 13.3 Å². The Morgan fingerprint density at radius 1 is 1.75 bits per heavy atom. The van der Waals surface area contributed by atoms with Crippen molar-refractivity contribution in [2.24, 2.45) is 4.99 Å². The highest BCUT2D eigenvalue weighted by Gasteiger charge is 1.73. The molecule has 0 amide bonds. The molecule has 0 saturated heterocycles. The molecule has 0 bridgehead atoms. The molecule has 0 fully saturated rings. The van der Waals surface area contributed by atoms with E-state index in [4.69, 9.17) is 0 Å². The van der Waals surface area contributed by atoms with Gasteiger partial charge in [-0.25, -0.2) is 0 Å². The lowest BCUT2D eigenvalue weighted by Gasteiger charge is -1.82. The van der Waals surface area contributed by atoms with E-state index in [1.165, 1.54) is 0 Å². The van der Waals surface area contributed by atoms with Gasteiger partial charge in [-0.2, -0.15) is 0 Å². The van der Waals surface area contributed by atoms with Crippen molar-refractivity contribution in [3.63, 3.8) is 0 Å². The fraction of sp³-hybridized carbons (Fsp3) is 0.286. The van der Waals surface area contributed by atoms with E-state index < -0.39 is 0 Å². The molecule has 0 radical (unpaired) electrons. The number of hydrogen-bond acceptors (Lipinski definition) is 1. The summed E-state index contributed by atoms with van der Waals surface area (Å²) in [5.74, 6) is 0. The number of allylic oxidation sites excluding steroid dienone is 2. The number of rotatable bonds is 3. The van der Waals surface area contributed by atoms with Gasteiger partial charge in [0.2, 0.25) is 0 Å². The standard InChI is InChI=1S/C7H11N/c1-4-5-6-7(2)8-3/h5-6H,2-4H2,1H3/b6-5-. The zero-order valence-electron chi connectivity index (χ0n) is 5.22. The predicted octanol–water partition coefficient (Wildman–Crippen LogP) is 2.17. The highest BCUT2D eigenvalue weighted by atomic mass is 14.7. The minimum Gasteiger partial charge on any atom is -0.265 e. The first-order valence-electron chi connectivity index (χ1n) is 2.63. The third-order valence-corrected chi connectivity index (χ3v) is 0.749. The maximum atomic E-state index is 3.59. The van der Waals surface area contributed by atoms with Crippen LogP contribution < -0.4 is 0 Å². The van der Waals surface area contributed by atoms with Crippen LogP contribution in [0, 0.1) is 0 Å². The Morgan fingerprint density at radius 3 is 2.75 bits per heavy atom. The lowest BCUT2D eigenvalue weighted by atomic mass is 10.4. The second kappa shape index (κ2) is 4.31. The second-order valence-corrected chi connectivity index (χ2v) is 1.46. The van der Waals surface area contributed by atoms with Gasteiger partial charge in [0.1, 0.15) is 0 Å². The van der Waals surface area contributed by atoms with Crippen LogP contribution >= 0.6 is 0 Å².